The van der Waals surface area contributed by atoms with Crippen LogP contribution in [0.2, 0.25) is 0 Å². The Labute approximate surface area is 88.1 Å². The van der Waals surface area contributed by atoms with Crippen molar-refractivity contribution in [2.24, 2.45) is 0 Å². The van der Waals surface area contributed by atoms with E-state index in [0.29, 0.717) is 12.6 Å². The number of nitrogens with zero attached hydrogens (tertiary/aromatic N) is 1. The molecule has 15 heavy (non-hydrogen) atoms. The van der Waals surface area contributed by atoms with Crippen molar-refractivity contribution in [3.8, 4) is 0 Å². The molecule has 1 atom stereocenters. The summed E-state index contributed by atoms with van der Waals surface area (Å²) in [6.07, 6.45) is 2.57. The molecule has 2 N–H and O–H groups in total. The van der Waals surface area contributed by atoms with E-state index in [9.17, 15) is 9.59 Å². The lowest BCUT2D eigenvalue weighted by Gasteiger charge is -2.11. The number of aromatic nitrogens is 2. The fourth-order valence-corrected chi connectivity index (χ4v) is 1.20. The second-order valence-electron chi connectivity index (χ2n) is 3.57. The summed E-state index contributed by atoms with van der Waals surface area (Å²) in [4.78, 5) is 24.3. The van der Waals surface area contributed by atoms with Gasteiger partial charge in [0.05, 0.1) is 0 Å². The predicted octanol–water partition coefficient (Wildman–Crippen LogP) is -0.0753. The van der Waals surface area contributed by atoms with Crippen molar-refractivity contribution in [3.05, 3.63) is 33.1 Å². The van der Waals surface area contributed by atoms with Gasteiger partial charge in [-0.1, -0.05) is 6.92 Å². The molecule has 0 amide bonds. The fourth-order valence-electron chi connectivity index (χ4n) is 1.20. The SMILES string of the molecule is CCC(C)NCCn1ccc(=O)[nH]c1=O. The van der Waals surface area contributed by atoms with Crippen molar-refractivity contribution in [1.82, 2.24) is 14.9 Å². The third kappa shape index (κ3) is 3.71. The Morgan fingerprint density at radius 2 is 2.27 bits per heavy atom. The number of nitrogens with one attached hydrogen (secondary N) is 2. The molecular formula is C10H17N3O2. The summed E-state index contributed by atoms with van der Waals surface area (Å²) in [5, 5.41) is 3.27. The van der Waals surface area contributed by atoms with Gasteiger partial charge in [-0.3, -0.25) is 14.3 Å². The standard InChI is InChI=1S/C10H17N3O2/c1-3-8(2)11-5-7-13-6-4-9(14)12-10(13)15/h4,6,8,11H,3,5,7H2,1-2H3,(H,12,14,15). The van der Waals surface area contributed by atoms with E-state index in [1.807, 2.05) is 0 Å². The molecule has 0 fully saturated rings. The molecule has 1 aromatic rings. The van der Waals surface area contributed by atoms with Crippen LogP contribution in [0, 0.1) is 0 Å². The van der Waals surface area contributed by atoms with Crippen molar-refractivity contribution in [3.63, 3.8) is 0 Å². The van der Waals surface area contributed by atoms with Crippen molar-refractivity contribution in [1.29, 1.82) is 0 Å². The van der Waals surface area contributed by atoms with Gasteiger partial charge in [-0.05, 0) is 13.3 Å². The molecule has 1 unspecified atom stereocenters. The molecule has 84 valence electrons. The summed E-state index contributed by atoms with van der Waals surface area (Å²) < 4.78 is 1.48. The zero-order valence-electron chi connectivity index (χ0n) is 9.12. The van der Waals surface area contributed by atoms with Crippen molar-refractivity contribution < 1.29 is 0 Å². The maximum atomic E-state index is 11.3. The third-order valence-corrected chi connectivity index (χ3v) is 2.35. The molecule has 0 aliphatic heterocycles. The Kier molecular flexibility index (Phi) is 4.30. The summed E-state index contributed by atoms with van der Waals surface area (Å²) in [5.41, 5.74) is -0.709. The predicted molar refractivity (Wildman–Crippen MR) is 59.1 cm³/mol. The van der Waals surface area contributed by atoms with Crippen LogP contribution >= 0.6 is 0 Å². The Morgan fingerprint density at radius 1 is 1.53 bits per heavy atom. The summed E-state index contributed by atoms with van der Waals surface area (Å²) in [6, 6.07) is 1.80. The Hall–Kier alpha value is -1.36. The average molecular weight is 211 g/mol. The molecule has 0 radical (unpaired) electrons. The molecule has 0 aromatic carbocycles. The van der Waals surface area contributed by atoms with Crippen molar-refractivity contribution >= 4 is 0 Å². The van der Waals surface area contributed by atoms with Crippen LogP contribution < -0.4 is 16.6 Å². The van der Waals surface area contributed by atoms with Gasteiger partial charge in [-0.2, -0.15) is 0 Å². The van der Waals surface area contributed by atoms with E-state index in [1.165, 1.54) is 16.8 Å². The topological polar surface area (TPSA) is 66.9 Å². The monoisotopic (exact) mass is 211 g/mol. The van der Waals surface area contributed by atoms with Crippen LogP contribution in [0.5, 0.6) is 0 Å². The van der Waals surface area contributed by atoms with E-state index in [4.69, 9.17) is 0 Å². The molecule has 1 heterocycles. The molecule has 5 heteroatoms. The normalized spacial score (nSPS) is 12.7. The molecule has 1 aromatic heterocycles. The summed E-state index contributed by atoms with van der Waals surface area (Å²) in [5.74, 6) is 0. The first-order valence-electron chi connectivity index (χ1n) is 5.16. The van der Waals surface area contributed by atoms with Crippen LogP contribution in [0.4, 0.5) is 0 Å². The third-order valence-electron chi connectivity index (χ3n) is 2.35. The largest absolute Gasteiger partial charge is 0.328 e. The molecule has 0 aliphatic rings. The van der Waals surface area contributed by atoms with Crippen LogP contribution in [0.1, 0.15) is 20.3 Å². The van der Waals surface area contributed by atoms with E-state index < -0.39 is 0 Å². The molecule has 0 saturated carbocycles. The molecule has 0 bridgehead atoms. The Balaban J connectivity index is 2.51. The minimum absolute atomic E-state index is 0.353. The second-order valence-corrected chi connectivity index (χ2v) is 3.57. The maximum absolute atomic E-state index is 11.3. The highest BCUT2D eigenvalue weighted by Gasteiger charge is 1.98. The van der Waals surface area contributed by atoms with Crippen molar-refractivity contribution in [2.75, 3.05) is 6.54 Å². The van der Waals surface area contributed by atoms with Gasteiger partial charge in [0.25, 0.3) is 5.56 Å². The van der Waals surface area contributed by atoms with Gasteiger partial charge in [0.2, 0.25) is 0 Å². The van der Waals surface area contributed by atoms with Gasteiger partial charge >= 0.3 is 5.69 Å². The molecular weight excluding hydrogens is 194 g/mol. The lowest BCUT2D eigenvalue weighted by Crippen LogP contribution is -2.34. The smallest absolute Gasteiger partial charge is 0.312 e. The van der Waals surface area contributed by atoms with Crippen LogP contribution in [-0.2, 0) is 6.54 Å². The van der Waals surface area contributed by atoms with Gasteiger partial charge in [-0.25, -0.2) is 4.79 Å². The fraction of sp³-hybridized carbons (Fsp3) is 0.600. The van der Waals surface area contributed by atoms with Crippen molar-refractivity contribution in [2.45, 2.75) is 32.9 Å². The average Bonchev–Trinajstić information content (AvgIpc) is 2.21. The highest BCUT2D eigenvalue weighted by atomic mass is 16.2. The molecule has 0 saturated heterocycles. The molecule has 5 nitrogen and oxygen atoms in total. The van der Waals surface area contributed by atoms with Crippen LogP contribution in [-0.4, -0.2) is 22.1 Å². The molecule has 0 spiro atoms. The van der Waals surface area contributed by atoms with Gasteiger partial charge in [0.1, 0.15) is 0 Å². The van der Waals surface area contributed by atoms with Crippen LogP contribution in [0.25, 0.3) is 0 Å². The van der Waals surface area contributed by atoms with Gasteiger partial charge in [-0.15, -0.1) is 0 Å². The number of rotatable bonds is 5. The van der Waals surface area contributed by atoms with Gasteiger partial charge in [0.15, 0.2) is 0 Å². The zero-order valence-corrected chi connectivity index (χ0v) is 9.12. The molecule has 0 aliphatic carbocycles. The lowest BCUT2D eigenvalue weighted by atomic mass is 10.2. The minimum Gasteiger partial charge on any atom is -0.312 e. The Bertz CT molecular complexity index is 408. The van der Waals surface area contributed by atoms with Gasteiger partial charge in [0, 0.05) is 31.4 Å². The van der Waals surface area contributed by atoms with E-state index in [-0.39, 0.29) is 11.2 Å². The Morgan fingerprint density at radius 3 is 2.87 bits per heavy atom. The minimum atomic E-state index is -0.355. The zero-order chi connectivity index (χ0) is 11.3. The van der Waals surface area contributed by atoms with E-state index >= 15 is 0 Å². The van der Waals surface area contributed by atoms with E-state index in [2.05, 4.69) is 24.1 Å². The first-order valence-corrected chi connectivity index (χ1v) is 5.16. The quantitative estimate of drug-likeness (QED) is 0.716. The number of hydrogen-bond donors (Lipinski definition) is 2. The maximum Gasteiger partial charge on any atom is 0.328 e. The van der Waals surface area contributed by atoms with Crippen LogP contribution in [0.15, 0.2) is 21.9 Å². The highest BCUT2D eigenvalue weighted by Crippen LogP contribution is 1.86. The summed E-state index contributed by atoms with van der Waals surface area (Å²) in [6.45, 7) is 5.49. The highest BCUT2D eigenvalue weighted by molar-refractivity contribution is 4.82. The first-order chi connectivity index (χ1) is 7.13. The lowest BCUT2D eigenvalue weighted by molar-refractivity contribution is 0.496. The van der Waals surface area contributed by atoms with Crippen LogP contribution in [0.3, 0.4) is 0 Å². The summed E-state index contributed by atoms with van der Waals surface area (Å²) in [7, 11) is 0. The van der Waals surface area contributed by atoms with Gasteiger partial charge < -0.3 is 5.32 Å². The van der Waals surface area contributed by atoms with E-state index in [0.717, 1.165) is 13.0 Å². The van der Waals surface area contributed by atoms with E-state index in [1.54, 1.807) is 0 Å². The molecule has 1 rings (SSSR count). The second kappa shape index (κ2) is 5.50. The first kappa shape index (κ1) is 11.7. The number of H-pyrrole nitrogens is 1. The summed E-state index contributed by atoms with van der Waals surface area (Å²) >= 11 is 0. The number of hydrogen-bond acceptors (Lipinski definition) is 3. The number of aromatic amines is 1.